The van der Waals surface area contributed by atoms with Gasteiger partial charge < -0.3 is 0 Å². The zero-order chi connectivity index (χ0) is 8.77. The van der Waals surface area contributed by atoms with Gasteiger partial charge in [-0.1, -0.05) is 13.8 Å². The summed E-state index contributed by atoms with van der Waals surface area (Å²) in [6.45, 7) is 4.81. The molecule has 0 saturated heterocycles. The Morgan fingerprint density at radius 3 is 2.50 bits per heavy atom. The van der Waals surface area contributed by atoms with Gasteiger partial charge in [-0.25, -0.2) is 0 Å². The van der Waals surface area contributed by atoms with Crippen molar-refractivity contribution < 1.29 is 0 Å². The van der Waals surface area contributed by atoms with Gasteiger partial charge in [0.15, 0.2) is 0 Å². The summed E-state index contributed by atoms with van der Waals surface area (Å²) in [4.78, 5) is 0. The molecule has 2 aliphatic carbocycles. The Kier molecular flexibility index (Phi) is 2.15. The van der Waals surface area contributed by atoms with Gasteiger partial charge in [-0.05, 0) is 48.9 Å². The molecule has 1 spiro atoms. The first-order valence-corrected chi connectivity index (χ1v) is 5.77. The lowest BCUT2D eigenvalue weighted by Gasteiger charge is -2.33. The third-order valence-corrected chi connectivity index (χ3v) is 4.72. The van der Waals surface area contributed by atoms with Gasteiger partial charge in [0.05, 0.1) is 0 Å². The summed E-state index contributed by atoms with van der Waals surface area (Å²) in [5.41, 5.74) is 0.716. The lowest BCUT2D eigenvalue weighted by molar-refractivity contribution is 0.181. The van der Waals surface area contributed by atoms with Crippen LogP contribution in [-0.2, 0) is 0 Å². The van der Waals surface area contributed by atoms with E-state index in [2.05, 4.69) is 13.8 Å². The second-order valence-corrected chi connectivity index (χ2v) is 5.42. The van der Waals surface area contributed by atoms with Gasteiger partial charge in [0.2, 0.25) is 0 Å². The highest BCUT2D eigenvalue weighted by Crippen LogP contribution is 2.63. The van der Waals surface area contributed by atoms with Crippen LogP contribution < -0.4 is 0 Å². The number of alkyl halides is 1. The first-order valence-electron chi connectivity index (χ1n) is 5.24. The predicted molar refractivity (Wildman–Crippen MR) is 53.4 cm³/mol. The average molecular weight is 187 g/mol. The van der Waals surface area contributed by atoms with Crippen LogP contribution in [0.1, 0.15) is 39.5 Å². The minimum atomic E-state index is 0.716. The van der Waals surface area contributed by atoms with Crippen molar-refractivity contribution in [2.75, 3.05) is 5.88 Å². The van der Waals surface area contributed by atoms with Crippen LogP contribution in [0.2, 0.25) is 0 Å². The number of hydrogen-bond donors (Lipinski definition) is 0. The Bertz CT molecular complexity index is 178. The maximum atomic E-state index is 5.91. The second kappa shape index (κ2) is 2.90. The molecule has 0 bridgehead atoms. The molecule has 0 aromatic rings. The largest absolute Gasteiger partial charge is 0.126 e. The van der Waals surface area contributed by atoms with E-state index in [4.69, 9.17) is 11.6 Å². The van der Waals surface area contributed by atoms with Crippen molar-refractivity contribution >= 4 is 11.6 Å². The molecule has 0 amide bonds. The maximum Gasteiger partial charge on any atom is 0.0257 e. The van der Waals surface area contributed by atoms with Gasteiger partial charge >= 0.3 is 0 Å². The van der Waals surface area contributed by atoms with Crippen LogP contribution in [0.3, 0.4) is 0 Å². The van der Waals surface area contributed by atoms with E-state index < -0.39 is 0 Å². The molecule has 4 unspecified atom stereocenters. The van der Waals surface area contributed by atoms with Crippen molar-refractivity contribution in [3.8, 4) is 0 Å². The third kappa shape index (κ3) is 1.28. The summed E-state index contributed by atoms with van der Waals surface area (Å²) < 4.78 is 0. The first kappa shape index (κ1) is 8.87. The van der Waals surface area contributed by atoms with E-state index in [9.17, 15) is 0 Å². The molecule has 12 heavy (non-hydrogen) atoms. The molecule has 0 aromatic heterocycles. The monoisotopic (exact) mass is 186 g/mol. The summed E-state index contributed by atoms with van der Waals surface area (Å²) in [7, 11) is 0. The van der Waals surface area contributed by atoms with Gasteiger partial charge in [0, 0.05) is 5.88 Å². The van der Waals surface area contributed by atoms with Gasteiger partial charge in [-0.2, -0.15) is 0 Å². The molecule has 0 nitrogen and oxygen atoms in total. The maximum absolute atomic E-state index is 5.91. The molecule has 0 aliphatic heterocycles. The Balaban J connectivity index is 1.96. The van der Waals surface area contributed by atoms with Crippen molar-refractivity contribution in [2.24, 2.45) is 23.2 Å². The quantitative estimate of drug-likeness (QED) is 0.548. The normalized spacial score (nSPS) is 52.8. The minimum absolute atomic E-state index is 0.716. The van der Waals surface area contributed by atoms with E-state index in [0.717, 1.165) is 23.6 Å². The summed E-state index contributed by atoms with van der Waals surface area (Å²) >= 11 is 5.91. The standard InChI is InChI=1S/C11H19Cl/c1-8-3-4-11(5-9(8)2)6-10(11)7-12/h8-10H,3-7H2,1-2H3. The van der Waals surface area contributed by atoms with Gasteiger partial charge in [0.25, 0.3) is 0 Å². The number of rotatable bonds is 1. The summed E-state index contributed by atoms with van der Waals surface area (Å²) in [5, 5.41) is 0. The fourth-order valence-electron chi connectivity index (χ4n) is 2.95. The van der Waals surface area contributed by atoms with Crippen molar-refractivity contribution in [3.63, 3.8) is 0 Å². The average Bonchev–Trinajstić information content (AvgIpc) is 2.73. The molecule has 0 N–H and O–H groups in total. The van der Waals surface area contributed by atoms with Gasteiger partial charge in [-0.3, -0.25) is 0 Å². The van der Waals surface area contributed by atoms with E-state index in [0.29, 0.717) is 5.41 Å². The highest BCUT2D eigenvalue weighted by molar-refractivity contribution is 6.18. The van der Waals surface area contributed by atoms with Crippen molar-refractivity contribution in [3.05, 3.63) is 0 Å². The van der Waals surface area contributed by atoms with Crippen molar-refractivity contribution in [1.29, 1.82) is 0 Å². The number of halogens is 1. The fraction of sp³-hybridized carbons (Fsp3) is 1.00. The van der Waals surface area contributed by atoms with Crippen LogP contribution in [0.15, 0.2) is 0 Å². The molecule has 70 valence electrons. The Morgan fingerprint density at radius 1 is 1.25 bits per heavy atom. The summed E-state index contributed by atoms with van der Waals surface area (Å²) in [5.74, 6) is 3.66. The van der Waals surface area contributed by atoms with E-state index >= 15 is 0 Å². The van der Waals surface area contributed by atoms with Gasteiger partial charge in [0.1, 0.15) is 0 Å². The van der Waals surface area contributed by atoms with Crippen LogP contribution in [-0.4, -0.2) is 5.88 Å². The van der Waals surface area contributed by atoms with Gasteiger partial charge in [-0.15, -0.1) is 11.6 Å². The molecule has 2 saturated carbocycles. The molecule has 2 aliphatic rings. The number of hydrogen-bond acceptors (Lipinski definition) is 0. The molecule has 2 fully saturated rings. The summed E-state index contributed by atoms with van der Waals surface area (Å²) in [6.07, 6.45) is 5.77. The van der Waals surface area contributed by atoms with E-state index in [1.807, 2.05) is 0 Å². The topological polar surface area (TPSA) is 0 Å². The van der Waals surface area contributed by atoms with Crippen molar-refractivity contribution in [2.45, 2.75) is 39.5 Å². The van der Waals surface area contributed by atoms with Crippen LogP contribution in [0.4, 0.5) is 0 Å². The van der Waals surface area contributed by atoms with Crippen LogP contribution in [0, 0.1) is 23.2 Å². The highest BCUT2D eigenvalue weighted by atomic mass is 35.5. The Morgan fingerprint density at radius 2 is 2.00 bits per heavy atom. The fourth-order valence-corrected chi connectivity index (χ4v) is 3.39. The van der Waals surface area contributed by atoms with Crippen molar-refractivity contribution in [1.82, 2.24) is 0 Å². The smallest absolute Gasteiger partial charge is 0.0257 e. The second-order valence-electron chi connectivity index (χ2n) is 5.12. The molecular weight excluding hydrogens is 168 g/mol. The SMILES string of the molecule is CC1CCC2(CC1C)CC2CCl. The molecule has 2 rings (SSSR count). The third-order valence-electron chi connectivity index (χ3n) is 4.34. The lowest BCUT2D eigenvalue weighted by atomic mass is 9.73. The Hall–Kier alpha value is 0.290. The van der Waals surface area contributed by atoms with E-state index in [1.54, 1.807) is 0 Å². The van der Waals surface area contributed by atoms with Crippen LogP contribution in [0.25, 0.3) is 0 Å². The predicted octanol–water partition coefficient (Wildman–Crippen LogP) is 3.69. The summed E-state index contributed by atoms with van der Waals surface area (Å²) in [6, 6.07) is 0. The highest BCUT2D eigenvalue weighted by Gasteiger charge is 2.55. The molecule has 4 atom stereocenters. The van der Waals surface area contributed by atoms with Crippen LogP contribution in [0.5, 0.6) is 0 Å². The van der Waals surface area contributed by atoms with Crippen LogP contribution >= 0.6 is 11.6 Å². The Labute approximate surface area is 80.7 Å². The van der Waals surface area contributed by atoms with E-state index in [-0.39, 0.29) is 0 Å². The molecule has 0 radical (unpaired) electrons. The first-order chi connectivity index (χ1) is 5.68. The zero-order valence-electron chi connectivity index (χ0n) is 8.15. The molecular formula is C11H19Cl. The zero-order valence-corrected chi connectivity index (χ0v) is 8.90. The molecule has 0 aromatic carbocycles. The lowest BCUT2D eigenvalue weighted by Crippen LogP contribution is -2.23. The molecule has 1 heteroatoms. The van der Waals surface area contributed by atoms with E-state index in [1.165, 1.54) is 25.7 Å². The minimum Gasteiger partial charge on any atom is -0.126 e. The molecule has 0 heterocycles.